The molecule has 0 spiro atoms. The highest BCUT2D eigenvalue weighted by molar-refractivity contribution is 7.91. The van der Waals surface area contributed by atoms with Crippen molar-refractivity contribution in [2.24, 2.45) is 11.7 Å². The fraction of sp³-hybridized carbons (Fsp3) is 0.625. The molecule has 0 aliphatic heterocycles. The van der Waals surface area contributed by atoms with E-state index in [0.717, 1.165) is 24.0 Å². The van der Waals surface area contributed by atoms with Gasteiger partial charge in [0.25, 0.3) is 0 Å². The zero-order valence-corrected chi connectivity index (χ0v) is 13.2. The smallest absolute Gasteiger partial charge is 0.180 e. The first kappa shape index (κ1) is 15.5. The summed E-state index contributed by atoms with van der Waals surface area (Å²) in [5.41, 5.74) is 7.96. The molecule has 0 aromatic heterocycles. The maximum absolute atomic E-state index is 12.6. The van der Waals surface area contributed by atoms with Crippen LogP contribution < -0.4 is 5.73 Å². The van der Waals surface area contributed by atoms with Gasteiger partial charge in [0.1, 0.15) is 0 Å². The van der Waals surface area contributed by atoms with E-state index in [1.807, 2.05) is 26.0 Å². The van der Waals surface area contributed by atoms with Crippen molar-refractivity contribution in [3.8, 4) is 0 Å². The predicted octanol–water partition coefficient (Wildman–Crippen LogP) is 2.98. The highest BCUT2D eigenvalue weighted by Crippen LogP contribution is 2.27. The molecule has 2 rings (SSSR count). The molecule has 112 valence electrons. The van der Waals surface area contributed by atoms with E-state index in [1.54, 1.807) is 6.07 Å². The van der Waals surface area contributed by atoms with E-state index in [0.29, 0.717) is 10.8 Å². The van der Waals surface area contributed by atoms with Crippen LogP contribution in [0.3, 0.4) is 0 Å². The molecule has 4 heteroatoms. The molecule has 0 bridgehead atoms. The minimum absolute atomic E-state index is 0.0714. The first-order chi connectivity index (χ1) is 9.40. The SMILES string of the molecule is Cc1ccc(C)c(S(=O)(=O)CC(N)C2CCCCC2)c1. The molecule has 1 aromatic carbocycles. The average Bonchev–Trinajstić information content (AvgIpc) is 2.42. The second-order valence-corrected chi connectivity index (χ2v) is 8.11. The molecule has 3 nitrogen and oxygen atoms in total. The molecule has 0 heterocycles. The largest absolute Gasteiger partial charge is 0.327 e. The van der Waals surface area contributed by atoms with Gasteiger partial charge in [-0.1, -0.05) is 31.4 Å². The number of hydrogen-bond acceptors (Lipinski definition) is 3. The van der Waals surface area contributed by atoms with E-state index in [9.17, 15) is 8.42 Å². The first-order valence-corrected chi connectivity index (χ1v) is 9.11. The normalized spacial score (nSPS) is 18.9. The summed E-state index contributed by atoms with van der Waals surface area (Å²) >= 11 is 0. The van der Waals surface area contributed by atoms with Gasteiger partial charge in [-0.15, -0.1) is 0 Å². The lowest BCUT2D eigenvalue weighted by Gasteiger charge is -2.27. The standard InChI is InChI=1S/C16H25NO2S/c1-12-8-9-13(2)16(10-12)20(18,19)11-15(17)14-6-4-3-5-7-14/h8-10,14-15H,3-7,11,17H2,1-2H3. The molecule has 1 aliphatic rings. The minimum Gasteiger partial charge on any atom is -0.327 e. The van der Waals surface area contributed by atoms with Crippen LogP contribution >= 0.6 is 0 Å². The summed E-state index contributed by atoms with van der Waals surface area (Å²) in [5, 5.41) is 0. The monoisotopic (exact) mass is 295 g/mol. The van der Waals surface area contributed by atoms with Crippen molar-refractivity contribution in [2.45, 2.75) is 56.9 Å². The molecular formula is C16H25NO2S. The van der Waals surface area contributed by atoms with Crippen LogP contribution in [0.25, 0.3) is 0 Å². The summed E-state index contributed by atoms with van der Waals surface area (Å²) in [6.07, 6.45) is 5.77. The summed E-state index contributed by atoms with van der Waals surface area (Å²) in [6.45, 7) is 3.76. The van der Waals surface area contributed by atoms with Crippen LogP contribution in [0.15, 0.2) is 23.1 Å². The van der Waals surface area contributed by atoms with Crippen LogP contribution in [0.2, 0.25) is 0 Å². The Morgan fingerprint density at radius 1 is 1.20 bits per heavy atom. The van der Waals surface area contributed by atoms with Crippen molar-refractivity contribution in [1.82, 2.24) is 0 Å². The second kappa shape index (κ2) is 6.27. The summed E-state index contributed by atoms with van der Waals surface area (Å²) in [4.78, 5) is 0.448. The van der Waals surface area contributed by atoms with Gasteiger partial charge in [0.2, 0.25) is 0 Å². The van der Waals surface area contributed by atoms with Gasteiger partial charge < -0.3 is 5.73 Å². The van der Waals surface area contributed by atoms with Crippen molar-refractivity contribution < 1.29 is 8.42 Å². The van der Waals surface area contributed by atoms with Crippen LogP contribution in [-0.2, 0) is 9.84 Å². The van der Waals surface area contributed by atoms with E-state index < -0.39 is 9.84 Å². The average molecular weight is 295 g/mol. The van der Waals surface area contributed by atoms with Crippen LogP contribution in [0, 0.1) is 19.8 Å². The molecule has 1 atom stereocenters. The molecule has 20 heavy (non-hydrogen) atoms. The third-order valence-electron chi connectivity index (χ3n) is 4.35. The van der Waals surface area contributed by atoms with Crippen molar-refractivity contribution in [1.29, 1.82) is 0 Å². The Hall–Kier alpha value is -0.870. The van der Waals surface area contributed by atoms with Crippen molar-refractivity contribution in [3.63, 3.8) is 0 Å². The van der Waals surface area contributed by atoms with Crippen LogP contribution in [-0.4, -0.2) is 20.2 Å². The molecular weight excluding hydrogens is 270 g/mol. The first-order valence-electron chi connectivity index (χ1n) is 7.46. The third-order valence-corrected chi connectivity index (χ3v) is 6.28. The quantitative estimate of drug-likeness (QED) is 0.929. The molecule has 1 aliphatic carbocycles. The van der Waals surface area contributed by atoms with Crippen molar-refractivity contribution >= 4 is 9.84 Å². The van der Waals surface area contributed by atoms with Gasteiger partial charge in [0.05, 0.1) is 10.6 Å². The molecule has 0 radical (unpaired) electrons. The fourth-order valence-corrected chi connectivity index (χ4v) is 4.97. The zero-order valence-electron chi connectivity index (χ0n) is 12.4. The Morgan fingerprint density at radius 2 is 1.85 bits per heavy atom. The Kier molecular flexibility index (Phi) is 4.86. The summed E-state index contributed by atoms with van der Waals surface area (Å²) < 4.78 is 25.2. The predicted molar refractivity (Wildman–Crippen MR) is 82.5 cm³/mol. The fourth-order valence-electron chi connectivity index (χ4n) is 3.08. The molecule has 1 aromatic rings. The zero-order chi connectivity index (χ0) is 14.8. The van der Waals surface area contributed by atoms with Gasteiger partial charge in [-0.25, -0.2) is 8.42 Å². The topological polar surface area (TPSA) is 60.2 Å². The van der Waals surface area contributed by atoms with Gasteiger partial charge in [-0.3, -0.25) is 0 Å². The van der Waals surface area contributed by atoms with E-state index in [2.05, 4.69) is 0 Å². The Balaban J connectivity index is 2.16. The second-order valence-electron chi connectivity index (χ2n) is 6.11. The van der Waals surface area contributed by atoms with Crippen LogP contribution in [0.1, 0.15) is 43.2 Å². The molecule has 1 fully saturated rings. The molecule has 1 unspecified atom stereocenters. The molecule has 0 saturated heterocycles. The lowest BCUT2D eigenvalue weighted by Crippen LogP contribution is -2.38. The van der Waals surface area contributed by atoms with Crippen molar-refractivity contribution in [3.05, 3.63) is 29.3 Å². The van der Waals surface area contributed by atoms with Crippen molar-refractivity contribution in [2.75, 3.05) is 5.75 Å². The third kappa shape index (κ3) is 3.61. The van der Waals surface area contributed by atoms with Gasteiger partial charge in [-0.05, 0) is 49.8 Å². The van der Waals surface area contributed by atoms with Gasteiger partial charge in [0, 0.05) is 6.04 Å². The number of nitrogens with two attached hydrogens (primary N) is 1. The highest BCUT2D eigenvalue weighted by atomic mass is 32.2. The maximum atomic E-state index is 12.6. The highest BCUT2D eigenvalue weighted by Gasteiger charge is 2.27. The van der Waals surface area contributed by atoms with E-state index in [1.165, 1.54) is 19.3 Å². The molecule has 2 N–H and O–H groups in total. The van der Waals surface area contributed by atoms with Gasteiger partial charge >= 0.3 is 0 Å². The summed E-state index contributed by atoms with van der Waals surface area (Å²) in [7, 11) is -3.29. The van der Waals surface area contributed by atoms with E-state index >= 15 is 0 Å². The number of sulfone groups is 1. The minimum atomic E-state index is -3.29. The molecule has 0 amide bonds. The summed E-state index contributed by atoms with van der Waals surface area (Å²) in [6, 6.07) is 5.34. The Morgan fingerprint density at radius 3 is 2.50 bits per heavy atom. The van der Waals surface area contributed by atoms with E-state index in [4.69, 9.17) is 5.73 Å². The summed E-state index contributed by atoms with van der Waals surface area (Å²) in [5.74, 6) is 0.436. The number of aryl methyl sites for hydroxylation is 2. The van der Waals surface area contributed by atoms with Crippen LogP contribution in [0.4, 0.5) is 0 Å². The lowest BCUT2D eigenvalue weighted by molar-refractivity contribution is 0.317. The Labute approximate surface area is 122 Å². The van der Waals surface area contributed by atoms with Crippen LogP contribution in [0.5, 0.6) is 0 Å². The van der Waals surface area contributed by atoms with Gasteiger partial charge in [-0.2, -0.15) is 0 Å². The maximum Gasteiger partial charge on any atom is 0.180 e. The van der Waals surface area contributed by atoms with E-state index in [-0.39, 0.29) is 11.8 Å². The molecule has 1 saturated carbocycles. The number of hydrogen-bond donors (Lipinski definition) is 1. The number of rotatable bonds is 4. The van der Waals surface area contributed by atoms with Gasteiger partial charge in [0.15, 0.2) is 9.84 Å². The Bertz CT molecular complexity index is 560. The number of benzene rings is 1. The lowest BCUT2D eigenvalue weighted by atomic mass is 9.85.